The van der Waals surface area contributed by atoms with Gasteiger partial charge in [0, 0.05) is 17.4 Å². The fourth-order valence-electron chi connectivity index (χ4n) is 2.42. The molecule has 0 radical (unpaired) electrons. The average Bonchev–Trinajstić information content (AvgIpc) is 2.16. The van der Waals surface area contributed by atoms with Gasteiger partial charge in [-0.05, 0) is 25.8 Å². The lowest BCUT2D eigenvalue weighted by Crippen LogP contribution is -2.49. The molecule has 0 bridgehead atoms. The number of hydrogen-bond acceptors (Lipinski definition) is 2. The van der Waals surface area contributed by atoms with Crippen molar-refractivity contribution < 1.29 is 4.79 Å². The molecule has 0 aromatic heterocycles. The molecule has 0 aromatic rings. The van der Waals surface area contributed by atoms with E-state index < -0.39 is 0 Å². The summed E-state index contributed by atoms with van der Waals surface area (Å²) in [6, 6.07) is 0. The topological polar surface area (TPSA) is 29.1 Å². The van der Waals surface area contributed by atoms with Gasteiger partial charge in [0.05, 0.1) is 0 Å². The van der Waals surface area contributed by atoms with Crippen LogP contribution in [0.15, 0.2) is 0 Å². The highest BCUT2D eigenvalue weighted by Crippen LogP contribution is 2.37. The number of nitrogens with one attached hydrogen (secondary N) is 1. The van der Waals surface area contributed by atoms with E-state index in [2.05, 4.69) is 12.2 Å². The smallest absolute Gasteiger partial charge is 0.145 e. The van der Waals surface area contributed by atoms with Crippen molar-refractivity contribution in [3.8, 4) is 0 Å². The Morgan fingerprint density at radius 1 is 1.43 bits per heavy atom. The molecule has 0 aromatic carbocycles. The number of rotatable bonds is 2. The Hall–Kier alpha value is -0.370. The first-order valence-electron chi connectivity index (χ1n) is 5.68. The van der Waals surface area contributed by atoms with Gasteiger partial charge in [-0.25, -0.2) is 0 Å². The van der Waals surface area contributed by atoms with Gasteiger partial charge in [0.2, 0.25) is 0 Å². The van der Waals surface area contributed by atoms with Gasteiger partial charge in [-0.2, -0.15) is 0 Å². The van der Waals surface area contributed by atoms with Gasteiger partial charge in [0.15, 0.2) is 0 Å². The predicted octanol–water partition coefficient (Wildman–Crippen LogP) is 2.38. The summed E-state index contributed by atoms with van der Waals surface area (Å²) in [7, 11) is 0. The lowest BCUT2D eigenvalue weighted by Gasteiger charge is -2.39. The molecule has 0 saturated carbocycles. The standard InChI is InChI=1S/C12H23NO/c1-5-12(7-6-8-13-9-12)10(14)11(2,3)4/h13H,5-9H2,1-4H3. The Bertz CT molecular complexity index is 209. The highest BCUT2D eigenvalue weighted by atomic mass is 16.1. The zero-order chi connectivity index (χ0) is 10.8. The van der Waals surface area contributed by atoms with Crippen molar-refractivity contribution in [1.29, 1.82) is 0 Å². The summed E-state index contributed by atoms with van der Waals surface area (Å²) >= 11 is 0. The Morgan fingerprint density at radius 2 is 2.07 bits per heavy atom. The second-order valence-electron chi connectivity index (χ2n) is 5.49. The van der Waals surface area contributed by atoms with E-state index in [0.717, 1.165) is 32.4 Å². The fourth-order valence-corrected chi connectivity index (χ4v) is 2.42. The molecule has 1 N–H and O–H groups in total. The molecule has 14 heavy (non-hydrogen) atoms. The maximum Gasteiger partial charge on any atom is 0.145 e. The highest BCUT2D eigenvalue weighted by Gasteiger charge is 2.42. The first kappa shape index (κ1) is 11.7. The van der Waals surface area contributed by atoms with Crippen molar-refractivity contribution in [2.24, 2.45) is 10.8 Å². The van der Waals surface area contributed by atoms with E-state index in [0.29, 0.717) is 5.78 Å². The molecule has 2 nitrogen and oxygen atoms in total. The van der Waals surface area contributed by atoms with Crippen LogP contribution >= 0.6 is 0 Å². The van der Waals surface area contributed by atoms with Gasteiger partial charge < -0.3 is 5.32 Å². The van der Waals surface area contributed by atoms with Crippen LogP contribution in [0.1, 0.15) is 47.0 Å². The maximum absolute atomic E-state index is 12.3. The van der Waals surface area contributed by atoms with Gasteiger partial charge in [0.25, 0.3) is 0 Å². The van der Waals surface area contributed by atoms with Crippen molar-refractivity contribution in [2.75, 3.05) is 13.1 Å². The summed E-state index contributed by atoms with van der Waals surface area (Å²) in [5.41, 5.74) is -0.286. The molecular formula is C12H23NO. The number of Topliss-reactive ketones (excluding diaryl/α,β-unsaturated/α-hetero) is 1. The lowest BCUT2D eigenvalue weighted by atomic mass is 9.67. The summed E-state index contributed by atoms with van der Waals surface area (Å²) in [5, 5.41) is 3.36. The van der Waals surface area contributed by atoms with Crippen LogP contribution in [0.25, 0.3) is 0 Å². The second-order valence-corrected chi connectivity index (χ2v) is 5.49. The van der Waals surface area contributed by atoms with E-state index >= 15 is 0 Å². The van der Waals surface area contributed by atoms with Crippen molar-refractivity contribution in [1.82, 2.24) is 5.32 Å². The molecule has 2 heteroatoms. The third-order valence-corrected chi connectivity index (χ3v) is 3.31. The van der Waals surface area contributed by atoms with Gasteiger partial charge in [-0.15, -0.1) is 0 Å². The summed E-state index contributed by atoms with van der Waals surface area (Å²) in [5.74, 6) is 0.430. The minimum absolute atomic E-state index is 0.0868. The highest BCUT2D eigenvalue weighted by molar-refractivity contribution is 5.89. The van der Waals surface area contributed by atoms with Crippen LogP contribution in [0.2, 0.25) is 0 Å². The average molecular weight is 197 g/mol. The van der Waals surface area contributed by atoms with E-state index in [9.17, 15) is 4.79 Å². The number of piperidine rings is 1. The van der Waals surface area contributed by atoms with E-state index in [4.69, 9.17) is 0 Å². The SMILES string of the molecule is CCC1(C(=O)C(C)(C)C)CCCNC1. The molecule has 1 unspecified atom stereocenters. The molecule has 1 aliphatic rings. The van der Waals surface area contributed by atoms with Gasteiger partial charge in [-0.1, -0.05) is 27.7 Å². The fraction of sp³-hybridized carbons (Fsp3) is 0.917. The first-order chi connectivity index (χ1) is 6.42. The third-order valence-electron chi connectivity index (χ3n) is 3.31. The van der Waals surface area contributed by atoms with Crippen LogP contribution in [-0.2, 0) is 4.79 Å². The quantitative estimate of drug-likeness (QED) is 0.736. The predicted molar refractivity (Wildman–Crippen MR) is 59.3 cm³/mol. The van der Waals surface area contributed by atoms with Crippen LogP contribution < -0.4 is 5.32 Å². The molecule has 0 amide bonds. The monoisotopic (exact) mass is 197 g/mol. The molecule has 0 spiro atoms. The van der Waals surface area contributed by atoms with E-state index in [1.165, 1.54) is 0 Å². The molecular weight excluding hydrogens is 174 g/mol. The summed E-state index contributed by atoms with van der Waals surface area (Å²) in [6.07, 6.45) is 3.17. The summed E-state index contributed by atoms with van der Waals surface area (Å²) < 4.78 is 0. The van der Waals surface area contributed by atoms with E-state index in [1.54, 1.807) is 0 Å². The zero-order valence-corrected chi connectivity index (χ0v) is 9.94. The molecule has 82 valence electrons. The maximum atomic E-state index is 12.3. The van der Waals surface area contributed by atoms with Crippen LogP contribution in [0.5, 0.6) is 0 Å². The summed E-state index contributed by atoms with van der Waals surface area (Å²) in [6.45, 7) is 10.2. The largest absolute Gasteiger partial charge is 0.316 e. The third kappa shape index (κ3) is 2.17. The van der Waals surface area contributed by atoms with Crippen molar-refractivity contribution in [3.05, 3.63) is 0 Å². The Balaban J connectivity index is 2.83. The van der Waals surface area contributed by atoms with Gasteiger partial charge in [0.1, 0.15) is 5.78 Å². The van der Waals surface area contributed by atoms with E-state index in [-0.39, 0.29) is 10.8 Å². The lowest BCUT2D eigenvalue weighted by molar-refractivity contribution is -0.138. The van der Waals surface area contributed by atoms with Crippen molar-refractivity contribution in [2.45, 2.75) is 47.0 Å². The van der Waals surface area contributed by atoms with Gasteiger partial charge in [-0.3, -0.25) is 4.79 Å². The molecule has 1 heterocycles. The second kappa shape index (κ2) is 4.01. The Labute approximate surface area is 87.5 Å². The zero-order valence-electron chi connectivity index (χ0n) is 9.94. The van der Waals surface area contributed by atoms with Crippen molar-refractivity contribution in [3.63, 3.8) is 0 Å². The number of ketones is 1. The van der Waals surface area contributed by atoms with Crippen LogP contribution in [0.3, 0.4) is 0 Å². The minimum Gasteiger partial charge on any atom is -0.316 e. The number of hydrogen-bond donors (Lipinski definition) is 1. The molecule has 1 saturated heterocycles. The van der Waals surface area contributed by atoms with Crippen LogP contribution in [0.4, 0.5) is 0 Å². The van der Waals surface area contributed by atoms with Crippen LogP contribution in [-0.4, -0.2) is 18.9 Å². The summed E-state index contributed by atoms with van der Waals surface area (Å²) in [4.78, 5) is 12.3. The number of carbonyl (C=O) groups is 1. The van der Waals surface area contributed by atoms with Crippen LogP contribution in [0, 0.1) is 10.8 Å². The Morgan fingerprint density at radius 3 is 2.43 bits per heavy atom. The number of carbonyl (C=O) groups excluding carboxylic acids is 1. The molecule has 1 rings (SSSR count). The Kier molecular flexibility index (Phi) is 3.36. The normalized spacial score (nSPS) is 28.9. The van der Waals surface area contributed by atoms with Gasteiger partial charge >= 0.3 is 0 Å². The molecule has 0 aliphatic carbocycles. The van der Waals surface area contributed by atoms with Crippen molar-refractivity contribution >= 4 is 5.78 Å². The molecule has 1 atom stereocenters. The molecule has 1 aliphatic heterocycles. The molecule has 1 fully saturated rings. The minimum atomic E-state index is -0.199. The first-order valence-corrected chi connectivity index (χ1v) is 5.68. The van der Waals surface area contributed by atoms with E-state index in [1.807, 2.05) is 20.8 Å².